The van der Waals surface area contributed by atoms with Crippen molar-refractivity contribution in [2.45, 2.75) is 45.4 Å². The van der Waals surface area contributed by atoms with Gasteiger partial charge in [-0.15, -0.1) is 0 Å². The summed E-state index contributed by atoms with van der Waals surface area (Å²) in [6, 6.07) is 7.80. The maximum Gasteiger partial charge on any atom is 0.222 e. The maximum atomic E-state index is 13.3. The topological polar surface area (TPSA) is 65.4 Å². The second-order valence-corrected chi connectivity index (χ2v) is 6.55. The third kappa shape index (κ3) is 4.82. The number of aromatic nitrogens is 2. The molecule has 1 aliphatic rings. The van der Waals surface area contributed by atoms with Crippen molar-refractivity contribution in [1.82, 2.24) is 15.1 Å². The van der Waals surface area contributed by atoms with Crippen LogP contribution in [0.2, 0.25) is 0 Å². The quantitative estimate of drug-likeness (QED) is 0.858. The molecule has 1 amide bonds. The number of nitrogens with one attached hydrogen (secondary N) is 1. The van der Waals surface area contributed by atoms with Gasteiger partial charge in [0.05, 0.1) is 18.3 Å². The second-order valence-electron chi connectivity index (χ2n) is 6.55. The predicted molar refractivity (Wildman–Crippen MR) is 94.5 cm³/mol. The van der Waals surface area contributed by atoms with Crippen molar-refractivity contribution in [1.29, 1.82) is 0 Å². The minimum Gasteiger partial charge on any atom is -0.486 e. The molecule has 0 unspecified atom stereocenters. The molecule has 2 atom stereocenters. The number of rotatable bonds is 6. The van der Waals surface area contributed by atoms with E-state index in [0.29, 0.717) is 38.3 Å². The smallest absolute Gasteiger partial charge is 0.222 e. The average molecular weight is 361 g/mol. The number of ether oxygens (including phenoxy) is 2. The summed E-state index contributed by atoms with van der Waals surface area (Å²) in [5.41, 5.74) is 1.98. The molecule has 6 nitrogen and oxygen atoms in total. The van der Waals surface area contributed by atoms with E-state index in [9.17, 15) is 9.18 Å². The van der Waals surface area contributed by atoms with Crippen LogP contribution in [0.5, 0.6) is 5.75 Å². The van der Waals surface area contributed by atoms with E-state index >= 15 is 0 Å². The highest BCUT2D eigenvalue weighted by Crippen LogP contribution is 2.19. The minimum atomic E-state index is -0.357. The Bertz CT molecular complexity index is 762. The molecule has 1 aromatic carbocycles. The van der Waals surface area contributed by atoms with Crippen molar-refractivity contribution in [2.24, 2.45) is 0 Å². The zero-order valence-electron chi connectivity index (χ0n) is 15.1. The highest BCUT2D eigenvalue weighted by atomic mass is 19.1. The maximum absolute atomic E-state index is 13.3. The largest absolute Gasteiger partial charge is 0.486 e. The number of hydrogen-bond acceptors (Lipinski definition) is 4. The molecule has 2 aromatic rings. The van der Waals surface area contributed by atoms with Crippen LogP contribution < -0.4 is 10.1 Å². The molecule has 0 saturated carbocycles. The Morgan fingerprint density at radius 2 is 2.27 bits per heavy atom. The molecule has 140 valence electrons. The summed E-state index contributed by atoms with van der Waals surface area (Å²) in [5.74, 6) is 0.0179. The van der Waals surface area contributed by atoms with Crippen molar-refractivity contribution in [3.63, 3.8) is 0 Å². The van der Waals surface area contributed by atoms with Crippen LogP contribution in [0.1, 0.15) is 24.2 Å². The third-order valence-corrected chi connectivity index (χ3v) is 4.39. The van der Waals surface area contributed by atoms with Crippen LogP contribution in [0, 0.1) is 19.7 Å². The van der Waals surface area contributed by atoms with Gasteiger partial charge in [0.25, 0.3) is 0 Å². The zero-order valence-corrected chi connectivity index (χ0v) is 15.1. The first-order chi connectivity index (χ1) is 12.5. The number of carbonyl (C=O) groups excluding carboxylic acids is 1. The first kappa shape index (κ1) is 18.4. The first-order valence-electron chi connectivity index (χ1n) is 8.81. The van der Waals surface area contributed by atoms with Crippen LogP contribution in [0.25, 0.3) is 0 Å². The van der Waals surface area contributed by atoms with Gasteiger partial charge >= 0.3 is 0 Å². The zero-order chi connectivity index (χ0) is 18.5. The Kier molecular flexibility index (Phi) is 5.88. The number of aryl methyl sites for hydroxylation is 3. The van der Waals surface area contributed by atoms with Crippen LogP contribution in [-0.2, 0) is 16.1 Å². The van der Waals surface area contributed by atoms with Crippen molar-refractivity contribution < 1.29 is 18.7 Å². The number of benzene rings is 1. The summed E-state index contributed by atoms with van der Waals surface area (Å²) in [7, 11) is 0. The lowest BCUT2D eigenvalue weighted by atomic mass is 10.1. The molecule has 0 aliphatic carbocycles. The average Bonchev–Trinajstić information content (AvgIpc) is 2.92. The fraction of sp³-hybridized carbons (Fsp3) is 0.474. The number of halogens is 1. The molecule has 0 spiro atoms. The molecular formula is C19H24FN3O3. The SMILES string of the molecule is Cc1cc(C)n(CCC(=O)N[C@@H]2CCOC[C@H]2Oc2cccc(F)c2)n1. The molecule has 1 saturated heterocycles. The number of amides is 1. The summed E-state index contributed by atoms with van der Waals surface area (Å²) < 4.78 is 26.5. The summed E-state index contributed by atoms with van der Waals surface area (Å²) in [5, 5.41) is 7.39. The molecule has 7 heteroatoms. The van der Waals surface area contributed by atoms with Gasteiger partial charge in [-0.1, -0.05) is 6.07 Å². The van der Waals surface area contributed by atoms with Crippen LogP contribution in [0.3, 0.4) is 0 Å². The van der Waals surface area contributed by atoms with E-state index in [4.69, 9.17) is 9.47 Å². The van der Waals surface area contributed by atoms with Crippen molar-refractivity contribution in [3.05, 3.63) is 47.5 Å². The number of hydrogen-bond donors (Lipinski definition) is 1. The van der Waals surface area contributed by atoms with Gasteiger partial charge in [-0.25, -0.2) is 4.39 Å². The Labute approximate surface area is 152 Å². The second kappa shape index (κ2) is 8.31. The summed E-state index contributed by atoms with van der Waals surface area (Å²) in [6.45, 7) is 5.35. The van der Waals surface area contributed by atoms with Crippen LogP contribution in [0.15, 0.2) is 30.3 Å². The number of nitrogens with zero attached hydrogens (tertiary/aromatic N) is 2. The van der Waals surface area contributed by atoms with Gasteiger partial charge in [0.1, 0.15) is 17.7 Å². The molecule has 1 aliphatic heterocycles. The summed E-state index contributed by atoms with van der Waals surface area (Å²) >= 11 is 0. The van der Waals surface area contributed by atoms with Crippen molar-refractivity contribution >= 4 is 5.91 Å². The summed E-state index contributed by atoms with van der Waals surface area (Å²) in [6.07, 6.45) is 0.653. The van der Waals surface area contributed by atoms with Crippen molar-refractivity contribution in [3.8, 4) is 5.75 Å². The van der Waals surface area contributed by atoms with Gasteiger partial charge in [-0.3, -0.25) is 9.48 Å². The minimum absolute atomic E-state index is 0.0581. The van der Waals surface area contributed by atoms with Gasteiger partial charge in [-0.2, -0.15) is 5.10 Å². The Hall–Kier alpha value is -2.41. The van der Waals surface area contributed by atoms with Crippen LogP contribution in [-0.4, -0.2) is 41.0 Å². The number of carbonyl (C=O) groups is 1. The van der Waals surface area contributed by atoms with E-state index in [1.165, 1.54) is 12.1 Å². The monoisotopic (exact) mass is 361 g/mol. The van der Waals surface area contributed by atoms with Crippen molar-refractivity contribution in [2.75, 3.05) is 13.2 Å². The molecule has 0 radical (unpaired) electrons. The van der Waals surface area contributed by atoms with Crippen LogP contribution >= 0.6 is 0 Å². The lowest BCUT2D eigenvalue weighted by Crippen LogP contribution is -2.51. The van der Waals surface area contributed by atoms with E-state index in [2.05, 4.69) is 10.4 Å². The fourth-order valence-corrected chi connectivity index (χ4v) is 3.10. The van der Waals surface area contributed by atoms with E-state index < -0.39 is 0 Å². The van der Waals surface area contributed by atoms with Gasteiger partial charge in [-0.05, 0) is 38.5 Å². The normalized spacial score (nSPS) is 20.0. The van der Waals surface area contributed by atoms with E-state index in [0.717, 1.165) is 11.4 Å². The molecular weight excluding hydrogens is 337 g/mol. The molecule has 1 N–H and O–H groups in total. The van der Waals surface area contributed by atoms with Gasteiger partial charge in [0.2, 0.25) is 5.91 Å². The van der Waals surface area contributed by atoms with Gasteiger partial charge in [0, 0.05) is 31.3 Å². The van der Waals surface area contributed by atoms with Crippen LogP contribution in [0.4, 0.5) is 4.39 Å². The highest BCUT2D eigenvalue weighted by Gasteiger charge is 2.29. The lowest BCUT2D eigenvalue weighted by Gasteiger charge is -2.32. The van der Waals surface area contributed by atoms with E-state index in [-0.39, 0.29) is 23.9 Å². The molecule has 1 aromatic heterocycles. The van der Waals surface area contributed by atoms with E-state index in [1.54, 1.807) is 12.1 Å². The predicted octanol–water partition coefficient (Wildman–Crippen LogP) is 2.38. The Morgan fingerprint density at radius 1 is 1.42 bits per heavy atom. The fourth-order valence-electron chi connectivity index (χ4n) is 3.10. The Morgan fingerprint density at radius 3 is 3.00 bits per heavy atom. The lowest BCUT2D eigenvalue weighted by molar-refractivity contribution is -0.124. The molecule has 0 bridgehead atoms. The highest BCUT2D eigenvalue weighted by molar-refractivity contribution is 5.76. The standard InChI is InChI=1S/C19H24FN3O3/c1-13-10-14(2)23(22-13)8-6-19(24)21-17-7-9-25-12-18(17)26-16-5-3-4-15(20)11-16/h3-5,10-11,17-18H,6-9,12H2,1-2H3,(H,21,24)/t17-,18-/m1/s1. The first-order valence-corrected chi connectivity index (χ1v) is 8.81. The molecule has 26 heavy (non-hydrogen) atoms. The van der Waals surface area contributed by atoms with Gasteiger partial charge < -0.3 is 14.8 Å². The van der Waals surface area contributed by atoms with Gasteiger partial charge in [0.15, 0.2) is 0 Å². The molecule has 2 heterocycles. The Balaban J connectivity index is 1.55. The summed E-state index contributed by atoms with van der Waals surface area (Å²) in [4.78, 5) is 12.3. The molecule has 1 fully saturated rings. The molecule has 3 rings (SSSR count). The third-order valence-electron chi connectivity index (χ3n) is 4.39. The van der Waals surface area contributed by atoms with E-state index in [1.807, 2.05) is 24.6 Å².